The van der Waals surface area contributed by atoms with Crippen LogP contribution < -0.4 is 10.6 Å². The fraction of sp³-hybridized carbons (Fsp3) is 0.400. The van der Waals surface area contributed by atoms with Gasteiger partial charge in [0.1, 0.15) is 5.92 Å². The van der Waals surface area contributed by atoms with Gasteiger partial charge in [0.2, 0.25) is 0 Å². The van der Waals surface area contributed by atoms with Crippen LogP contribution in [-0.4, -0.2) is 45.6 Å². The van der Waals surface area contributed by atoms with Gasteiger partial charge < -0.3 is 35.2 Å². The van der Waals surface area contributed by atoms with Crippen LogP contribution in [0.5, 0.6) is 0 Å². The summed E-state index contributed by atoms with van der Waals surface area (Å²) in [4.78, 5) is 46.2. The molecule has 0 aromatic carbocycles. The van der Waals surface area contributed by atoms with Crippen LogP contribution in [-0.2, 0) is 19.1 Å². The van der Waals surface area contributed by atoms with E-state index in [0.717, 1.165) is 62.7 Å². The molecule has 6 heterocycles. The lowest BCUT2D eigenvalue weighted by Crippen LogP contribution is -2.28. The smallest absolute Gasteiger partial charge is 0.321 e. The third-order valence-electron chi connectivity index (χ3n) is 10.5. The highest BCUT2D eigenvalue weighted by Crippen LogP contribution is 2.58. The first-order chi connectivity index (χ1) is 21.5. The Bertz CT molecular complexity index is 1870. The minimum Gasteiger partial charge on any atom is -0.481 e. The van der Waals surface area contributed by atoms with Gasteiger partial charge in [0.15, 0.2) is 17.6 Å². The zero-order valence-corrected chi connectivity index (χ0v) is 26.4. The summed E-state index contributed by atoms with van der Waals surface area (Å²) in [6, 6.07) is 0. The molecular formula is C35H38N4O6. The minimum absolute atomic E-state index is 0.0594. The van der Waals surface area contributed by atoms with E-state index in [4.69, 9.17) is 9.47 Å². The summed E-state index contributed by atoms with van der Waals surface area (Å²) >= 11 is 0. The molecule has 5 aliphatic rings. The highest BCUT2D eigenvalue weighted by atomic mass is 16.6. The van der Waals surface area contributed by atoms with Crippen molar-refractivity contribution in [1.29, 1.82) is 0 Å². The summed E-state index contributed by atoms with van der Waals surface area (Å²) < 4.78 is 11.7. The van der Waals surface area contributed by atoms with E-state index in [9.17, 15) is 19.5 Å². The first-order valence-corrected chi connectivity index (χ1v) is 15.5. The van der Waals surface area contributed by atoms with Crippen LogP contribution in [0.4, 0.5) is 0 Å². The minimum atomic E-state index is -1.16. The molecule has 2 aromatic heterocycles. The number of carboxylic acids is 1. The van der Waals surface area contributed by atoms with Crippen LogP contribution in [0.15, 0.2) is 34.8 Å². The number of carboxylic acid groups (broad SMARTS) is 1. The molecule has 0 saturated carbocycles. The number of allylic oxidation sites excluding steroid dienone is 3. The molecule has 5 atom stereocenters. The van der Waals surface area contributed by atoms with Gasteiger partial charge in [-0.3, -0.25) is 14.4 Å². The number of ether oxygens (including phenoxy) is 2. The normalized spacial score (nSPS) is 31.5. The van der Waals surface area contributed by atoms with E-state index in [1.807, 2.05) is 39.0 Å². The van der Waals surface area contributed by atoms with Crippen molar-refractivity contribution >= 4 is 41.5 Å². The molecule has 8 bridgehead atoms. The molecule has 4 aliphatic heterocycles. The highest BCUT2D eigenvalue weighted by Gasteiger charge is 2.64. The summed E-state index contributed by atoms with van der Waals surface area (Å²) in [5.74, 6) is -3.45. The van der Waals surface area contributed by atoms with Crippen LogP contribution in [0.1, 0.15) is 96.0 Å². The van der Waals surface area contributed by atoms with Gasteiger partial charge >= 0.3 is 11.9 Å². The monoisotopic (exact) mass is 610 g/mol. The maximum atomic E-state index is 14.1. The number of Topliss-reactive ketones (excluding diaryl/α,β-unsaturated/α-hetero) is 1. The molecule has 7 rings (SSSR count). The van der Waals surface area contributed by atoms with Crippen molar-refractivity contribution in [2.75, 3.05) is 7.11 Å². The number of aliphatic carboxylic acids is 1. The number of nitrogens with one attached hydrogen (secondary N) is 4. The molecule has 10 nitrogen and oxygen atoms in total. The molecule has 0 unspecified atom stereocenters. The topological polar surface area (TPSA) is 149 Å². The number of fused-ring (bicyclic) bond motifs is 7. The molecule has 5 N–H and O–H groups in total. The van der Waals surface area contributed by atoms with Crippen LogP contribution in [0.3, 0.4) is 0 Å². The molecule has 1 spiro atoms. The van der Waals surface area contributed by atoms with Crippen molar-refractivity contribution in [3.8, 4) is 0 Å². The van der Waals surface area contributed by atoms with Crippen molar-refractivity contribution in [3.05, 3.63) is 79.8 Å². The quantitative estimate of drug-likeness (QED) is 0.163. The molecule has 234 valence electrons. The Kier molecular flexibility index (Phi) is 6.46. The van der Waals surface area contributed by atoms with E-state index in [2.05, 4.69) is 41.0 Å². The van der Waals surface area contributed by atoms with Crippen LogP contribution >= 0.6 is 0 Å². The SMILES string of the molecule is C=Cc1c2[nH]c(c1C)/C=C1\N/C(=C3\c4[nH]c(c(C)c4C(=O)[C@@H]3C(=O)OC)/C=C3\N[C@]4(O[C@@H]24)C(C)=C3CC)[C@@H](CCC(=O)O)[C@@H]1C. The van der Waals surface area contributed by atoms with Gasteiger partial charge in [-0.2, -0.15) is 0 Å². The van der Waals surface area contributed by atoms with Crippen molar-refractivity contribution in [1.82, 2.24) is 20.6 Å². The number of carbonyl (C=O) groups excluding carboxylic acids is 2. The van der Waals surface area contributed by atoms with E-state index in [0.29, 0.717) is 28.9 Å². The number of carbonyl (C=O) groups is 3. The summed E-state index contributed by atoms with van der Waals surface area (Å²) in [5.41, 5.74) is 10.9. The Morgan fingerprint density at radius 1 is 1.16 bits per heavy atom. The lowest BCUT2D eigenvalue weighted by molar-refractivity contribution is -0.142. The summed E-state index contributed by atoms with van der Waals surface area (Å²) in [7, 11) is 1.28. The van der Waals surface area contributed by atoms with Crippen molar-refractivity contribution in [2.45, 2.75) is 65.7 Å². The lowest BCUT2D eigenvalue weighted by atomic mass is 9.85. The van der Waals surface area contributed by atoms with Crippen molar-refractivity contribution in [2.24, 2.45) is 17.8 Å². The first kappa shape index (κ1) is 29.2. The number of ketones is 1. The van der Waals surface area contributed by atoms with E-state index < -0.39 is 23.6 Å². The fourth-order valence-corrected chi connectivity index (χ4v) is 7.99. The molecule has 0 amide bonds. The summed E-state index contributed by atoms with van der Waals surface area (Å²) in [6.07, 6.45) is 6.71. The molecule has 1 aliphatic carbocycles. The van der Waals surface area contributed by atoms with Gasteiger partial charge in [0.05, 0.1) is 18.5 Å². The third kappa shape index (κ3) is 3.94. The number of rotatable bonds is 6. The Morgan fingerprint density at radius 3 is 2.56 bits per heavy atom. The largest absolute Gasteiger partial charge is 0.481 e. The zero-order chi connectivity index (χ0) is 32.1. The molecule has 2 aromatic rings. The molecule has 2 saturated heterocycles. The number of hydrogen-bond acceptors (Lipinski definition) is 7. The summed E-state index contributed by atoms with van der Waals surface area (Å²) in [6.45, 7) is 14.3. The predicted octanol–water partition coefficient (Wildman–Crippen LogP) is 5.51. The van der Waals surface area contributed by atoms with Crippen LogP contribution in [0.2, 0.25) is 0 Å². The number of methoxy groups -OCH3 is 1. The molecule has 45 heavy (non-hydrogen) atoms. The number of H-pyrrole nitrogens is 2. The third-order valence-corrected chi connectivity index (χ3v) is 10.5. The second kappa shape index (κ2) is 9.97. The van der Waals surface area contributed by atoms with Crippen molar-refractivity contribution < 1.29 is 29.0 Å². The highest BCUT2D eigenvalue weighted by molar-refractivity contribution is 6.24. The van der Waals surface area contributed by atoms with Gasteiger partial charge in [-0.25, -0.2) is 0 Å². The Hall–Kier alpha value is -4.57. The first-order valence-electron chi connectivity index (χ1n) is 15.5. The second-order valence-electron chi connectivity index (χ2n) is 12.7. The van der Waals surface area contributed by atoms with E-state index in [-0.39, 0.29) is 30.1 Å². The van der Waals surface area contributed by atoms with Gasteiger partial charge in [0.25, 0.3) is 0 Å². The predicted molar refractivity (Wildman–Crippen MR) is 169 cm³/mol. The number of esters is 1. The number of hydrogen-bond donors (Lipinski definition) is 5. The average molecular weight is 611 g/mol. The van der Waals surface area contributed by atoms with E-state index in [1.54, 1.807) is 0 Å². The fourth-order valence-electron chi connectivity index (χ4n) is 7.99. The Morgan fingerprint density at radius 2 is 1.89 bits per heavy atom. The molecule has 2 fully saturated rings. The standard InChI is InChI=1S/C35H38N4O6/c1-8-18-14(3)21-12-22-15(4)20(10-11-25(40)41)29(36-22)27-28(34(43)44-7)32(42)26-16(5)23(38-31(26)27)13-24-19(9-2)17(6)35(39-24)33(45-35)30(18)37-21/h8,12-13,15,20,28,33,36-39H,1,9-11H2,2-7H3,(H,40,41)/b22-12-,24-13-,29-27-/t15-,20-,28+,33-,35-/m0/s1. The van der Waals surface area contributed by atoms with Gasteiger partial charge in [-0.05, 0) is 68.0 Å². The molecule has 0 radical (unpaired) electrons. The van der Waals surface area contributed by atoms with Crippen molar-refractivity contribution in [3.63, 3.8) is 0 Å². The Balaban J connectivity index is 1.53. The van der Waals surface area contributed by atoms with Crippen LogP contribution in [0.25, 0.3) is 23.8 Å². The average Bonchev–Trinajstić information content (AvgIpc) is 3.21. The molecular weight excluding hydrogens is 572 g/mol. The number of aromatic amines is 2. The van der Waals surface area contributed by atoms with Crippen LogP contribution in [0, 0.1) is 31.6 Å². The molecule has 10 heteroatoms. The second-order valence-corrected chi connectivity index (χ2v) is 12.7. The summed E-state index contributed by atoms with van der Waals surface area (Å²) in [5, 5.41) is 16.9. The maximum Gasteiger partial charge on any atom is 0.321 e. The van der Waals surface area contributed by atoms with Gasteiger partial charge in [0, 0.05) is 63.4 Å². The zero-order valence-electron chi connectivity index (χ0n) is 26.4. The lowest BCUT2D eigenvalue weighted by Gasteiger charge is -2.19. The Labute approximate surface area is 261 Å². The number of epoxide rings is 1. The van der Waals surface area contributed by atoms with Gasteiger partial charge in [-0.1, -0.05) is 26.5 Å². The van der Waals surface area contributed by atoms with Gasteiger partial charge in [-0.15, -0.1) is 0 Å². The van der Waals surface area contributed by atoms with E-state index in [1.165, 1.54) is 7.11 Å². The van der Waals surface area contributed by atoms with E-state index >= 15 is 0 Å². The number of aromatic nitrogens is 2. The maximum absolute atomic E-state index is 14.1.